The highest BCUT2D eigenvalue weighted by molar-refractivity contribution is 5.79. The molecule has 1 fully saturated rings. The zero-order valence-corrected chi connectivity index (χ0v) is 16.5. The molecular weight excluding hydrogens is 366 g/mol. The number of carbonyl (C=O) groups excluding carboxylic acids is 1. The zero-order chi connectivity index (χ0) is 20.2. The molecule has 0 spiro atoms. The van der Waals surface area contributed by atoms with E-state index in [1.807, 2.05) is 54.3 Å². The van der Waals surface area contributed by atoms with E-state index in [0.717, 1.165) is 18.4 Å². The minimum absolute atomic E-state index is 0.000123. The molecule has 29 heavy (non-hydrogen) atoms. The van der Waals surface area contributed by atoms with Crippen LogP contribution in [-0.4, -0.2) is 40.1 Å². The number of nitrogens with zero attached hydrogens (tertiary/aromatic N) is 4. The van der Waals surface area contributed by atoms with Crippen molar-refractivity contribution in [3.05, 3.63) is 64.6 Å². The van der Waals surface area contributed by atoms with Crippen molar-refractivity contribution < 1.29 is 4.79 Å². The fourth-order valence-electron chi connectivity index (χ4n) is 3.85. The highest BCUT2D eigenvalue weighted by Gasteiger charge is 2.27. The van der Waals surface area contributed by atoms with Crippen LogP contribution in [0.1, 0.15) is 25.3 Å². The molecule has 4 rings (SSSR count). The smallest absolute Gasteiger partial charge is 0.295 e. The Labute approximate surface area is 169 Å². The molecule has 7 heteroatoms. The van der Waals surface area contributed by atoms with Gasteiger partial charge in [0, 0.05) is 31.7 Å². The monoisotopic (exact) mass is 391 g/mol. The summed E-state index contributed by atoms with van der Waals surface area (Å²) >= 11 is 0. The Balaban J connectivity index is 1.66. The maximum atomic E-state index is 13.3. The molecular formula is C22H25N5O2. The fourth-order valence-corrected chi connectivity index (χ4v) is 3.85. The van der Waals surface area contributed by atoms with Crippen LogP contribution in [0.4, 0.5) is 5.82 Å². The summed E-state index contributed by atoms with van der Waals surface area (Å²) in [6.45, 7) is 4.29. The van der Waals surface area contributed by atoms with Gasteiger partial charge < -0.3 is 10.2 Å². The van der Waals surface area contributed by atoms with Crippen LogP contribution >= 0.6 is 0 Å². The summed E-state index contributed by atoms with van der Waals surface area (Å²) in [5.41, 5.74) is 2.18. The standard InChI is InChI=1S/C22H25N5O2/c1-2-23-21(28)17-10-13-26(14-11-17)20-22(29)27(15-16-7-4-3-5-8-16)19-18(25-20)9-6-12-24-19/h3-9,12,17H,2,10-11,13-15H2,1H3,(H,23,28). The number of fused-ring (bicyclic) bond motifs is 1. The molecule has 1 aliphatic heterocycles. The van der Waals surface area contributed by atoms with E-state index in [9.17, 15) is 9.59 Å². The van der Waals surface area contributed by atoms with Gasteiger partial charge in [0.25, 0.3) is 5.56 Å². The number of pyridine rings is 1. The summed E-state index contributed by atoms with van der Waals surface area (Å²) in [4.78, 5) is 36.5. The number of rotatable bonds is 5. The third-order valence-corrected chi connectivity index (χ3v) is 5.38. The number of amides is 1. The largest absolute Gasteiger partial charge is 0.356 e. The summed E-state index contributed by atoms with van der Waals surface area (Å²) in [5, 5.41) is 2.89. The first-order chi connectivity index (χ1) is 14.2. The summed E-state index contributed by atoms with van der Waals surface area (Å²) in [6.07, 6.45) is 3.12. The molecule has 0 saturated carbocycles. The van der Waals surface area contributed by atoms with E-state index in [1.165, 1.54) is 0 Å². The topological polar surface area (TPSA) is 80.1 Å². The summed E-state index contributed by atoms with van der Waals surface area (Å²) < 4.78 is 1.70. The Morgan fingerprint density at radius 1 is 1.14 bits per heavy atom. The maximum Gasteiger partial charge on any atom is 0.295 e. The first-order valence-electron chi connectivity index (χ1n) is 10.1. The molecule has 1 aromatic carbocycles. The van der Waals surface area contributed by atoms with Crippen molar-refractivity contribution in [2.45, 2.75) is 26.3 Å². The van der Waals surface area contributed by atoms with Gasteiger partial charge in [-0.2, -0.15) is 0 Å². The zero-order valence-electron chi connectivity index (χ0n) is 16.5. The highest BCUT2D eigenvalue weighted by Crippen LogP contribution is 2.22. The van der Waals surface area contributed by atoms with Gasteiger partial charge in [0.2, 0.25) is 5.91 Å². The minimum Gasteiger partial charge on any atom is -0.356 e. The molecule has 3 heterocycles. The number of hydrogen-bond donors (Lipinski definition) is 1. The lowest BCUT2D eigenvalue weighted by Crippen LogP contribution is -2.43. The molecule has 150 valence electrons. The lowest BCUT2D eigenvalue weighted by atomic mass is 9.96. The molecule has 3 aromatic rings. The average Bonchev–Trinajstić information content (AvgIpc) is 2.76. The number of piperidine rings is 1. The van der Waals surface area contributed by atoms with Gasteiger partial charge in [-0.15, -0.1) is 0 Å². The van der Waals surface area contributed by atoms with E-state index in [0.29, 0.717) is 43.2 Å². The maximum absolute atomic E-state index is 13.3. The van der Waals surface area contributed by atoms with E-state index in [1.54, 1.807) is 10.8 Å². The highest BCUT2D eigenvalue weighted by atomic mass is 16.2. The van der Waals surface area contributed by atoms with Gasteiger partial charge in [0.05, 0.1) is 6.54 Å². The second-order valence-corrected chi connectivity index (χ2v) is 7.31. The number of nitrogens with one attached hydrogen (secondary N) is 1. The van der Waals surface area contributed by atoms with Crippen molar-refractivity contribution in [3.63, 3.8) is 0 Å². The third-order valence-electron chi connectivity index (χ3n) is 5.38. The molecule has 2 aromatic heterocycles. The van der Waals surface area contributed by atoms with Crippen molar-refractivity contribution in [3.8, 4) is 0 Å². The molecule has 1 amide bonds. The van der Waals surface area contributed by atoms with Crippen LogP contribution in [0.25, 0.3) is 11.2 Å². The Hall–Kier alpha value is -3.22. The van der Waals surface area contributed by atoms with Gasteiger partial charge in [-0.1, -0.05) is 30.3 Å². The molecule has 7 nitrogen and oxygen atoms in total. The van der Waals surface area contributed by atoms with Gasteiger partial charge in [0.1, 0.15) is 5.52 Å². The lowest BCUT2D eigenvalue weighted by Gasteiger charge is -2.32. The molecule has 0 bridgehead atoms. The van der Waals surface area contributed by atoms with Crippen molar-refractivity contribution in [2.75, 3.05) is 24.5 Å². The van der Waals surface area contributed by atoms with Gasteiger partial charge >= 0.3 is 0 Å². The number of benzene rings is 1. The van der Waals surface area contributed by atoms with E-state index in [4.69, 9.17) is 0 Å². The van der Waals surface area contributed by atoms with Crippen LogP contribution < -0.4 is 15.8 Å². The van der Waals surface area contributed by atoms with E-state index >= 15 is 0 Å². The van der Waals surface area contributed by atoms with Gasteiger partial charge in [0.15, 0.2) is 11.5 Å². The van der Waals surface area contributed by atoms with Crippen LogP contribution in [0.3, 0.4) is 0 Å². The molecule has 0 atom stereocenters. The first kappa shape index (κ1) is 19.1. The lowest BCUT2D eigenvalue weighted by molar-refractivity contribution is -0.125. The van der Waals surface area contributed by atoms with Crippen molar-refractivity contribution in [1.82, 2.24) is 19.9 Å². The second kappa shape index (κ2) is 8.43. The van der Waals surface area contributed by atoms with Crippen molar-refractivity contribution >= 4 is 22.9 Å². The Kier molecular flexibility index (Phi) is 5.55. The van der Waals surface area contributed by atoms with E-state index in [2.05, 4.69) is 15.3 Å². The van der Waals surface area contributed by atoms with E-state index < -0.39 is 0 Å². The molecule has 0 radical (unpaired) electrons. The number of aromatic nitrogens is 3. The Morgan fingerprint density at radius 3 is 2.62 bits per heavy atom. The molecule has 1 N–H and O–H groups in total. The van der Waals surface area contributed by atoms with Crippen molar-refractivity contribution in [2.24, 2.45) is 5.92 Å². The first-order valence-corrected chi connectivity index (χ1v) is 10.1. The van der Waals surface area contributed by atoms with Crippen LogP contribution in [0.2, 0.25) is 0 Å². The predicted molar refractivity (Wildman–Crippen MR) is 113 cm³/mol. The summed E-state index contributed by atoms with van der Waals surface area (Å²) in [6, 6.07) is 13.6. The number of carbonyl (C=O) groups is 1. The van der Waals surface area contributed by atoms with Gasteiger partial charge in [-0.3, -0.25) is 14.2 Å². The van der Waals surface area contributed by atoms with Gasteiger partial charge in [-0.25, -0.2) is 9.97 Å². The minimum atomic E-state index is -0.142. The fraction of sp³-hybridized carbons (Fsp3) is 0.364. The molecule has 0 aliphatic carbocycles. The van der Waals surface area contributed by atoms with Crippen LogP contribution in [-0.2, 0) is 11.3 Å². The van der Waals surface area contributed by atoms with Gasteiger partial charge in [-0.05, 0) is 37.5 Å². The quantitative estimate of drug-likeness (QED) is 0.721. The Bertz CT molecular complexity index is 1060. The average molecular weight is 391 g/mol. The predicted octanol–water partition coefficient (Wildman–Crippen LogP) is 2.19. The summed E-state index contributed by atoms with van der Waals surface area (Å²) in [5.74, 6) is 0.542. The normalized spacial score (nSPS) is 14.9. The molecule has 1 saturated heterocycles. The molecule has 1 aliphatic rings. The number of hydrogen-bond acceptors (Lipinski definition) is 5. The molecule has 0 unspecified atom stereocenters. The van der Waals surface area contributed by atoms with Crippen LogP contribution in [0.15, 0.2) is 53.5 Å². The summed E-state index contributed by atoms with van der Waals surface area (Å²) in [7, 11) is 0. The van der Waals surface area contributed by atoms with Crippen molar-refractivity contribution in [1.29, 1.82) is 0 Å². The number of anilines is 1. The third kappa shape index (κ3) is 3.99. The van der Waals surface area contributed by atoms with Crippen LogP contribution in [0.5, 0.6) is 0 Å². The Morgan fingerprint density at radius 2 is 1.90 bits per heavy atom. The van der Waals surface area contributed by atoms with E-state index in [-0.39, 0.29) is 17.4 Å². The SMILES string of the molecule is CCNC(=O)C1CCN(c2nc3cccnc3n(Cc3ccccc3)c2=O)CC1. The second-order valence-electron chi connectivity index (χ2n) is 7.31. The van der Waals surface area contributed by atoms with Crippen LogP contribution in [0, 0.1) is 5.92 Å².